The summed E-state index contributed by atoms with van der Waals surface area (Å²) in [6.45, 7) is 3.49. The van der Waals surface area contributed by atoms with E-state index in [2.05, 4.69) is 0 Å². The lowest BCUT2D eigenvalue weighted by atomic mass is 9.94. The molecule has 1 rings (SSSR count). The van der Waals surface area contributed by atoms with Gasteiger partial charge in [0, 0.05) is 10.6 Å². The van der Waals surface area contributed by atoms with E-state index in [1.54, 1.807) is 19.9 Å². The van der Waals surface area contributed by atoms with Gasteiger partial charge in [-0.2, -0.15) is 0 Å². The second-order valence-electron chi connectivity index (χ2n) is 3.57. The Morgan fingerprint density at radius 1 is 1.38 bits per heavy atom. The molecule has 0 saturated heterocycles. The van der Waals surface area contributed by atoms with Crippen molar-refractivity contribution in [3.63, 3.8) is 0 Å². The number of nitrogens with two attached hydrogens (primary N) is 2. The van der Waals surface area contributed by atoms with Gasteiger partial charge in [0.1, 0.15) is 5.82 Å². The quantitative estimate of drug-likeness (QED) is 0.687. The van der Waals surface area contributed by atoms with Gasteiger partial charge in [-0.15, -0.1) is 0 Å². The zero-order chi connectivity index (χ0) is 10.2. The minimum atomic E-state index is -0.685. The predicted octanol–water partition coefficient (Wildman–Crippen LogP) is 2.26. The molecule has 1 aromatic rings. The molecular formula is C9H12ClFN2. The van der Waals surface area contributed by atoms with Crippen LogP contribution in [0.4, 0.5) is 10.1 Å². The number of rotatable bonds is 1. The van der Waals surface area contributed by atoms with Crippen molar-refractivity contribution in [1.29, 1.82) is 0 Å². The first-order valence-electron chi connectivity index (χ1n) is 3.86. The van der Waals surface area contributed by atoms with E-state index in [-0.39, 0.29) is 5.69 Å². The summed E-state index contributed by atoms with van der Waals surface area (Å²) in [5.74, 6) is -0.527. The van der Waals surface area contributed by atoms with Gasteiger partial charge in [-0.25, -0.2) is 4.39 Å². The highest BCUT2D eigenvalue weighted by molar-refractivity contribution is 6.30. The summed E-state index contributed by atoms with van der Waals surface area (Å²) < 4.78 is 13.1. The first-order valence-corrected chi connectivity index (χ1v) is 4.24. The van der Waals surface area contributed by atoms with Crippen LogP contribution in [0.15, 0.2) is 12.1 Å². The molecule has 0 fully saturated rings. The second kappa shape index (κ2) is 3.16. The highest BCUT2D eigenvalue weighted by Gasteiger charge is 2.20. The van der Waals surface area contributed by atoms with Gasteiger partial charge in [0.25, 0.3) is 0 Å². The fraction of sp³-hybridized carbons (Fsp3) is 0.333. The number of anilines is 1. The molecule has 1 aromatic carbocycles. The van der Waals surface area contributed by atoms with Crippen LogP contribution in [0.1, 0.15) is 19.4 Å². The minimum absolute atomic E-state index is 0.0666. The van der Waals surface area contributed by atoms with Crippen molar-refractivity contribution in [2.24, 2.45) is 5.73 Å². The van der Waals surface area contributed by atoms with E-state index in [1.807, 2.05) is 0 Å². The van der Waals surface area contributed by atoms with Gasteiger partial charge < -0.3 is 11.5 Å². The molecule has 0 spiro atoms. The van der Waals surface area contributed by atoms with Gasteiger partial charge in [0.05, 0.1) is 5.69 Å². The summed E-state index contributed by atoms with van der Waals surface area (Å²) in [4.78, 5) is 0. The van der Waals surface area contributed by atoms with Gasteiger partial charge in [0.2, 0.25) is 0 Å². The zero-order valence-electron chi connectivity index (χ0n) is 7.57. The van der Waals surface area contributed by atoms with E-state index < -0.39 is 11.4 Å². The van der Waals surface area contributed by atoms with Crippen molar-refractivity contribution >= 4 is 17.3 Å². The van der Waals surface area contributed by atoms with Gasteiger partial charge in [-0.05, 0) is 31.5 Å². The summed E-state index contributed by atoms with van der Waals surface area (Å²) in [6.07, 6.45) is 0. The molecule has 0 unspecified atom stereocenters. The highest BCUT2D eigenvalue weighted by Crippen LogP contribution is 2.29. The molecule has 0 aliphatic carbocycles. The molecule has 13 heavy (non-hydrogen) atoms. The van der Waals surface area contributed by atoms with Crippen molar-refractivity contribution in [3.05, 3.63) is 28.5 Å². The van der Waals surface area contributed by atoms with Crippen LogP contribution in [0.3, 0.4) is 0 Å². The molecule has 0 saturated carbocycles. The molecule has 0 aliphatic rings. The van der Waals surface area contributed by atoms with E-state index >= 15 is 0 Å². The van der Waals surface area contributed by atoms with Crippen molar-refractivity contribution in [3.8, 4) is 0 Å². The topological polar surface area (TPSA) is 52.0 Å². The molecule has 0 aromatic heterocycles. The Labute approximate surface area is 81.7 Å². The van der Waals surface area contributed by atoms with Crippen molar-refractivity contribution in [2.75, 3.05) is 5.73 Å². The zero-order valence-corrected chi connectivity index (χ0v) is 8.32. The Balaban J connectivity index is 3.37. The Hall–Kier alpha value is -0.800. The Bertz CT molecular complexity index is 331. The van der Waals surface area contributed by atoms with E-state index in [4.69, 9.17) is 23.1 Å². The summed E-state index contributed by atoms with van der Waals surface area (Å²) in [7, 11) is 0. The summed E-state index contributed by atoms with van der Waals surface area (Å²) in [5, 5.41) is 0.306. The van der Waals surface area contributed by atoms with Gasteiger partial charge in [0.15, 0.2) is 0 Å². The molecule has 2 nitrogen and oxygen atoms in total. The fourth-order valence-electron chi connectivity index (χ4n) is 1.12. The van der Waals surface area contributed by atoms with Crippen LogP contribution in [0.5, 0.6) is 0 Å². The third-order valence-corrected chi connectivity index (χ3v) is 2.01. The first-order chi connectivity index (χ1) is 5.82. The number of hydrogen-bond donors (Lipinski definition) is 2. The normalized spacial score (nSPS) is 11.8. The SMILES string of the molecule is CC(C)(N)c1cc(Cl)cc(F)c1N. The van der Waals surface area contributed by atoms with Gasteiger partial charge in [-0.1, -0.05) is 11.6 Å². The lowest BCUT2D eigenvalue weighted by molar-refractivity contribution is 0.548. The Kier molecular flexibility index (Phi) is 2.50. The third-order valence-electron chi connectivity index (χ3n) is 1.79. The maximum Gasteiger partial charge on any atom is 0.147 e. The Morgan fingerprint density at radius 3 is 2.38 bits per heavy atom. The third kappa shape index (κ3) is 2.11. The number of hydrogen-bond acceptors (Lipinski definition) is 2. The average Bonchev–Trinajstić information content (AvgIpc) is 1.94. The molecule has 0 radical (unpaired) electrons. The second-order valence-corrected chi connectivity index (χ2v) is 4.01. The van der Waals surface area contributed by atoms with Crippen LogP contribution in [-0.4, -0.2) is 0 Å². The summed E-state index contributed by atoms with van der Waals surface area (Å²) in [5.41, 5.74) is 11.2. The number of halogens is 2. The predicted molar refractivity (Wildman–Crippen MR) is 53.0 cm³/mol. The maximum absolute atomic E-state index is 13.1. The maximum atomic E-state index is 13.1. The lowest BCUT2D eigenvalue weighted by Gasteiger charge is -2.21. The lowest BCUT2D eigenvalue weighted by Crippen LogP contribution is -2.30. The van der Waals surface area contributed by atoms with Crippen LogP contribution >= 0.6 is 11.6 Å². The number of benzene rings is 1. The molecule has 0 bridgehead atoms. The van der Waals surface area contributed by atoms with E-state index in [0.717, 1.165) is 0 Å². The van der Waals surface area contributed by atoms with Crippen LogP contribution in [0.25, 0.3) is 0 Å². The van der Waals surface area contributed by atoms with Crippen molar-refractivity contribution in [2.45, 2.75) is 19.4 Å². The summed E-state index contributed by atoms with van der Waals surface area (Å²) >= 11 is 5.68. The van der Waals surface area contributed by atoms with Crippen molar-refractivity contribution < 1.29 is 4.39 Å². The molecule has 0 amide bonds. The molecule has 0 heterocycles. The molecular weight excluding hydrogens is 191 g/mol. The molecule has 4 heteroatoms. The molecule has 0 aliphatic heterocycles. The monoisotopic (exact) mass is 202 g/mol. The van der Waals surface area contributed by atoms with E-state index in [0.29, 0.717) is 10.6 Å². The smallest absolute Gasteiger partial charge is 0.147 e. The fourth-order valence-corrected chi connectivity index (χ4v) is 1.32. The van der Waals surface area contributed by atoms with Crippen LogP contribution in [0.2, 0.25) is 5.02 Å². The van der Waals surface area contributed by atoms with Crippen molar-refractivity contribution in [1.82, 2.24) is 0 Å². The molecule has 72 valence electrons. The number of nitrogen functional groups attached to an aromatic ring is 1. The van der Waals surface area contributed by atoms with Gasteiger partial charge >= 0.3 is 0 Å². The summed E-state index contributed by atoms with van der Waals surface area (Å²) in [6, 6.07) is 2.76. The van der Waals surface area contributed by atoms with E-state index in [9.17, 15) is 4.39 Å². The minimum Gasteiger partial charge on any atom is -0.396 e. The van der Waals surface area contributed by atoms with Crippen LogP contribution in [-0.2, 0) is 5.54 Å². The van der Waals surface area contributed by atoms with E-state index in [1.165, 1.54) is 6.07 Å². The van der Waals surface area contributed by atoms with Crippen LogP contribution in [0, 0.1) is 5.82 Å². The first kappa shape index (κ1) is 10.3. The molecule has 4 N–H and O–H groups in total. The van der Waals surface area contributed by atoms with Crippen LogP contribution < -0.4 is 11.5 Å². The van der Waals surface area contributed by atoms with Gasteiger partial charge in [-0.3, -0.25) is 0 Å². The highest BCUT2D eigenvalue weighted by atomic mass is 35.5. The standard InChI is InChI=1S/C9H12ClFN2/c1-9(2,13)6-3-5(10)4-7(11)8(6)12/h3-4H,12-13H2,1-2H3. The average molecular weight is 203 g/mol. The largest absolute Gasteiger partial charge is 0.396 e. The Morgan fingerprint density at radius 2 is 1.92 bits per heavy atom. The molecule has 0 atom stereocenters.